The van der Waals surface area contributed by atoms with E-state index in [1.165, 1.54) is 0 Å². The number of fused-ring (bicyclic) bond motifs is 1. The van der Waals surface area contributed by atoms with Crippen LogP contribution < -0.4 is 20.5 Å². The third-order valence-electron chi connectivity index (χ3n) is 7.19. The number of esters is 1. The average molecular weight is 595 g/mol. The fourth-order valence-electron chi connectivity index (χ4n) is 5.06. The lowest BCUT2D eigenvalue weighted by Crippen LogP contribution is -2.21. The van der Waals surface area contributed by atoms with Crippen molar-refractivity contribution in [2.75, 3.05) is 26.1 Å². The van der Waals surface area contributed by atoms with Gasteiger partial charge in [-0.15, -0.1) is 0 Å². The van der Waals surface area contributed by atoms with Crippen LogP contribution in [0.4, 0.5) is 5.69 Å². The lowest BCUT2D eigenvalue weighted by molar-refractivity contribution is -0.149. The molecule has 1 aromatic heterocycles. The predicted molar refractivity (Wildman–Crippen MR) is 172 cm³/mol. The highest BCUT2D eigenvalue weighted by atomic mass is 16.6. The maximum atomic E-state index is 12.5. The van der Waals surface area contributed by atoms with E-state index in [1.54, 1.807) is 21.1 Å². The molecule has 0 aliphatic rings. The summed E-state index contributed by atoms with van der Waals surface area (Å²) in [6, 6.07) is 29.7. The fraction of sp³-hybridized carbons (Fsp3) is 0.250. The van der Waals surface area contributed by atoms with Crippen LogP contribution in [0.15, 0.2) is 95.4 Å². The van der Waals surface area contributed by atoms with Crippen LogP contribution in [0.5, 0.6) is 11.5 Å². The Morgan fingerprint density at radius 2 is 1.75 bits per heavy atom. The third kappa shape index (κ3) is 7.78. The minimum atomic E-state index is -0.330. The molecule has 1 heterocycles. The second-order valence-corrected chi connectivity index (χ2v) is 10.6. The van der Waals surface area contributed by atoms with Crippen LogP contribution in [0.3, 0.4) is 0 Å². The van der Waals surface area contributed by atoms with Crippen molar-refractivity contribution in [1.29, 1.82) is 0 Å². The molecule has 0 fully saturated rings. The number of benzene rings is 4. The Bertz CT molecular complexity index is 1700. The summed E-state index contributed by atoms with van der Waals surface area (Å²) in [5.41, 5.74) is 12.4. The number of hydrogen-bond acceptors (Lipinski definition) is 8. The molecule has 0 spiro atoms. The number of carbonyl (C=O) groups excluding carboxylic acids is 1. The van der Waals surface area contributed by atoms with E-state index in [1.807, 2.05) is 60.7 Å². The summed E-state index contributed by atoms with van der Waals surface area (Å²) in [4.78, 5) is 12.5. The number of carbonyl (C=O) groups is 1. The van der Waals surface area contributed by atoms with E-state index in [4.69, 9.17) is 29.1 Å². The summed E-state index contributed by atoms with van der Waals surface area (Å²) in [5.74, 6) is 1.91. The zero-order valence-corrected chi connectivity index (χ0v) is 25.3. The van der Waals surface area contributed by atoms with Gasteiger partial charge in [0.2, 0.25) is 0 Å². The number of hydrogen-bond donors (Lipinski definition) is 2. The molecule has 228 valence electrons. The Balaban J connectivity index is 1.39. The first-order chi connectivity index (χ1) is 21.4. The van der Waals surface area contributed by atoms with Gasteiger partial charge in [0, 0.05) is 35.9 Å². The Morgan fingerprint density at radius 3 is 2.52 bits per heavy atom. The zero-order chi connectivity index (χ0) is 30.9. The summed E-state index contributed by atoms with van der Waals surface area (Å²) in [5, 5.41) is 4.38. The van der Waals surface area contributed by atoms with Crippen LogP contribution in [0.2, 0.25) is 0 Å². The second kappa shape index (κ2) is 14.6. The normalized spacial score (nSPS) is 11.7. The van der Waals surface area contributed by atoms with E-state index in [2.05, 4.69) is 35.6 Å². The van der Waals surface area contributed by atoms with E-state index in [-0.39, 0.29) is 18.5 Å². The first-order valence-corrected chi connectivity index (χ1v) is 14.6. The Labute approximate surface area is 257 Å². The number of rotatable bonds is 14. The van der Waals surface area contributed by atoms with Crippen molar-refractivity contribution in [1.82, 2.24) is 0 Å². The molecule has 0 amide bonds. The Hall–Kier alpha value is -4.79. The van der Waals surface area contributed by atoms with Gasteiger partial charge in [-0.25, -0.2) is 0 Å². The van der Waals surface area contributed by atoms with Gasteiger partial charge >= 0.3 is 5.97 Å². The standard InChI is InChI=1S/C36H38N2O6/c1-24(22-40-2)43-35(39)19-28-8-4-5-10-34(28)42-23-26-16-29-18-32(21-38-30-11-13-31(41-3)14-12-30)44-36(29)33(17-26)27-9-6-7-25(15-27)20-37/h4-18,24,38H,19-23,37H2,1-3H3. The van der Waals surface area contributed by atoms with Crippen molar-refractivity contribution in [3.63, 3.8) is 0 Å². The second-order valence-electron chi connectivity index (χ2n) is 10.6. The number of anilines is 1. The highest BCUT2D eigenvalue weighted by Crippen LogP contribution is 2.34. The van der Waals surface area contributed by atoms with Crippen LogP contribution in [0.25, 0.3) is 22.1 Å². The molecule has 4 aromatic carbocycles. The van der Waals surface area contributed by atoms with Crippen LogP contribution in [0, 0.1) is 0 Å². The predicted octanol–water partition coefficient (Wildman–Crippen LogP) is 6.88. The molecule has 5 aromatic rings. The summed E-state index contributed by atoms with van der Waals surface area (Å²) in [6.45, 7) is 3.41. The number of ether oxygens (including phenoxy) is 4. The van der Waals surface area contributed by atoms with Gasteiger partial charge in [0.15, 0.2) is 0 Å². The molecule has 8 heteroatoms. The lowest BCUT2D eigenvalue weighted by atomic mass is 9.99. The molecular weight excluding hydrogens is 556 g/mol. The minimum absolute atomic E-state index is 0.104. The number of methoxy groups -OCH3 is 2. The molecule has 0 aliphatic heterocycles. The lowest BCUT2D eigenvalue weighted by Gasteiger charge is -2.15. The average Bonchev–Trinajstić information content (AvgIpc) is 3.46. The molecule has 0 aliphatic carbocycles. The van der Waals surface area contributed by atoms with Crippen molar-refractivity contribution in [3.05, 3.63) is 113 Å². The van der Waals surface area contributed by atoms with Gasteiger partial charge in [-0.3, -0.25) is 4.79 Å². The third-order valence-corrected chi connectivity index (χ3v) is 7.19. The molecule has 0 radical (unpaired) electrons. The maximum absolute atomic E-state index is 12.5. The van der Waals surface area contributed by atoms with Crippen LogP contribution in [0.1, 0.15) is 29.4 Å². The summed E-state index contributed by atoms with van der Waals surface area (Å²) in [7, 11) is 3.23. The van der Waals surface area contributed by atoms with Gasteiger partial charge in [-0.05, 0) is 78.2 Å². The fourth-order valence-corrected chi connectivity index (χ4v) is 5.06. The first kappa shape index (κ1) is 30.7. The molecule has 0 saturated heterocycles. The van der Waals surface area contributed by atoms with E-state index in [9.17, 15) is 4.79 Å². The maximum Gasteiger partial charge on any atom is 0.310 e. The van der Waals surface area contributed by atoms with Crippen molar-refractivity contribution < 1.29 is 28.2 Å². The number of nitrogens with one attached hydrogen (secondary N) is 1. The summed E-state index contributed by atoms with van der Waals surface area (Å²) >= 11 is 0. The highest BCUT2D eigenvalue weighted by molar-refractivity contribution is 5.93. The van der Waals surface area contributed by atoms with Crippen molar-refractivity contribution in [2.24, 2.45) is 5.73 Å². The molecule has 0 saturated carbocycles. The summed E-state index contributed by atoms with van der Waals surface area (Å²) < 4.78 is 28.5. The van der Waals surface area contributed by atoms with Crippen LogP contribution in [-0.4, -0.2) is 32.9 Å². The van der Waals surface area contributed by atoms with E-state index >= 15 is 0 Å². The topological polar surface area (TPSA) is 105 Å². The van der Waals surface area contributed by atoms with Gasteiger partial charge in [-0.2, -0.15) is 0 Å². The number of furan rings is 1. The first-order valence-electron chi connectivity index (χ1n) is 14.6. The molecule has 1 unspecified atom stereocenters. The van der Waals surface area contributed by atoms with Gasteiger partial charge in [-0.1, -0.05) is 36.4 Å². The quantitative estimate of drug-likeness (QED) is 0.134. The van der Waals surface area contributed by atoms with Gasteiger partial charge in [0.05, 0.1) is 26.7 Å². The molecule has 0 bridgehead atoms. The molecule has 8 nitrogen and oxygen atoms in total. The monoisotopic (exact) mass is 594 g/mol. The van der Waals surface area contributed by atoms with E-state index in [0.717, 1.165) is 56.0 Å². The van der Waals surface area contributed by atoms with Crippen molar-refractivity contribution in [3.8, 4) is 22.6 Å². The van der Waals surface area contributed by atoms with Gasteiger partial charge in [0.25, 0.3) is 0 Å². The van der Waals surface area contributed by atoms with Crippen LogP contribution in [-0.2, 0) is 40.4 Å². The van der Waals surface area contributed by atoms with E-state index in [0.29, 0.717) is 32.1 Å². The van der Waals surface area contributed by atoms with E-state index < -0.39 is 0 Å². The van der Waals surface area contributed by atoms with Crippen molar-refractivity contribution >= 4 is 22.6 Å². The number of nitrogens with two attached hydrogens (primary N) is 1. The smallest absolute Gasteiger partial charge is 0.310 e. The largest absolute Gasteiger partial charge is 0.497 e. The molecule has 5 rings (SSSR count). The molecule has 1 atom stereocenters. The molecule has 44 heavy (non-hydrogen) atoms. The van der Waals surface area contributed by atoms with Gasteiger partial charge in [0.1, 0.15) is 35.6 Å². The highest BCUT2D eigenvalue weighted by Gasteiger charge is 2.16. The Kier molecular flexibility index (Phi) is 10.2. The van der Waals surface area contributed by atoms with Crippen molar-refractivity contribution in [2.45, 2.75) is 39.1 Å². The SMILES string of the molecule is COCC(C)OC(=O)Cc1ccccc1OCc1cc(-c2cccc(CN)c2)c2oc(CNc3ccc(OC)cc3)cc2c1. The molecular formula is C36H38N2O6. The van der Waals surface area contributed by atoms with Gasteiger partial charge < -0.3 is 34.4 Å². The Morgan fingerprint density at radius 1 is 0.932 bits per heavy atom. The minimum Gasteiger partial charge on any atom is -0.497 e. The van der Waals surface area contributed by atoms with Crippen LogP contribution >= 0.6 is 0 Å². The summed E-state index contributed by atoms with van der Waals surface area (Å²) in [6.07, 6.45) is -0.220. The molecule has 3 N–H and O–H groups in total. The number of para-hydroxylation sites is 1. The zero-order valence-electron chi connectivity index (χ0n) is 25.3.